The quantitative estimate of drug-likeness (QED) is 0.0468. The van der Waals surface area contributed by atoms with E-state index in [1.165, 1.54) is 80.7 Å². The zero-order valence-electron chi connectivity index (χ0n) is 50.5. The Morgan fingerprint density at radius 1 is 0.824 bits per heavy atom. The number of aliphatic hydroxyl groups is 2. The summed E-state index contributed by atoms with van der Waals surface area (Å²) in [5, 5.41) is 27.8. The van der Waals surface area contributed by atoms with Crippen LogP contribution >= 0.6 is 0 Å². The second kappa shape index (κ2) is 29.5. The maximum atomic E-state index is 15.8. The lowest BCUT2D eigenvalue weighted by Gasteiger charge is -2.67. The van der Waals surface area contributed by atoms with E-state index in [0.717, 1.165) is 32.6 Å². The first kappa shape index (κ1) is 68.9. The van der Waals surface area contributed by atoms with Crippen molar-refractivity contribution in [1.82, 2.24) is 5.32 Å². The van der Waals surface area contributed by atoms with Crippen LogP contribution in [0, 0.1) is 16.7 Å². The van der Waals surface area contributed by atoms with E-state index in [2.05, 4.69) is 43.4 Å². The van der Waals surface area contributed by atoms with Crippen molar-refractivity contribution < 1.29 is 94.8 Å². The summed E-state index contributed by atoms with van der Waals surface area (Å²) >= 11 is 0. The highest BCUT2D eigenvalue weighted by atomic mass is 19.4. The number of nitrogens with one attached hydrogen (secondary N) is 1. The SMILES string of the molecule is CC/C=C\C/C=C\C/C=C\C/C=C\C/C=C\C/C=C\CCC(=O)O[C@@H](C(=O)O[C@H]1C[C@@]2(O)[C@@H](OC(=O)c3ccccc3OC)C3[C@](C)(C(=O)[C@H](OC(=O)CC)C(=C1C)C2(C)C)[C@@H](O)C[C@H]1OC[C@@]31OC(C)=O)[C@@H](NC(=O)OC(C)(C)C)C(F)(F)F. The minimum absolute atomic E-state index is 0.00208. The van der Waals surface area contributed by atoms with Crippen LogP contribution in [0.1, 0.15) is 150 Å². The second-order valence-electron chi connectivity index (χ2n) is 23.3. The molecule has 1 saturated heterocycles. The van der Waals surface area contributed by atoms with E-state index in [0.29, 0.717) is 12.8 Å². The third-order valence-corrected chi connectivity index (χ3v) is 15.9. The van der Waals surface area contributed by atoms with Gasteiger partial charge in [0.05, 0.1) is 31.2 Å². The first-order valence-electron chi connectivity index (χ1n) is 28.8. The number of alkyl carbamates (subject to hydrolysis) is 1. The van der Waals surface area contributed by atoms with Gasteiger partial charge in [-0.1, -0.05) is 113 Å². The Kier molecular flexibility index (Phi) is 23.9. The van der Waals surface area contributed by atoms with E-state index in [-0.39, 0.29) is 41.7 Å². The summed E-state index contributed by atoms with van der Waals surface area (Å²) in [5.74, 6) is -9.05. The number of aliphatic hydroxyl groups excluding tert-OH is 1. The molecule has 3 aliphatic carbocycles. The number of benzene rings is 1. The Labute approximate surface area is 495 Å². The molecule has 21 heteroatoms. The molecule has 0 aromatic heterocycles. The van der Waals surface area contributed by atoms with Crippen LogP contribution in [0.4, 0.5) is 18.0 Å². The number of alkyl halides is 3. The fourth-order valence-electron chi connectivity index (χ4n) is 11.6. The zero-order chi connectivity index (χ0) is 63.1. The van der Waals surface area contributed by atoms with Gasteiger partial charge in [-0.15, -0.1) is 0 Å². The highest BCUT2D eigenvalue weighted by Gasteiger charge is 2.78. The van der Waals surface area contributed by atoms with Gasteiger partial charge in [-0.05, 0) is 103 Å². The van der Waals surface area contributed by atoms with Crippen LogP contribution in [0.15, 0.2) is 108 Å². The largest absolute Gasteiger partial charge is 0.496 e. The third-order valence-electron chi connectivity index (χ3n) is 15.9. The molecular weight excluding hydrogens is 1110 g/mol. The lowest BCUT2D eigenvalue weighted by atomic mass is 9.44. The minimum atomic E-state index is -5.55. The van der Waals surface area contributed by atoms with Gasteiger partial charge in [0, 0.05) is 38.0 Å². The van der Waals surface area contributed by atoms with Crippen molar-refractivity contribution in [2.24, 2.45) is 16.7 Å². The van der Waals surface area contributed by atoms with E-state index in [9.17, 15) is 39.0 Å². The van der Waals surface area contributed by atoms with Gasteiger partial charge >= 0.3 is 42.1 Å². The van der Waals surface area contributed by atoms with E-state index in [4.69, 9.17) is 37.9 Å². The Bertz CT molecular complexity index is 2790. The molecule has 85 heavy (non-hydrogen) atoms. The summed E-state index contributed by atoms with van der Waals surface area (Å²) < 4.78 is 92.4. The lowest BCUT2D eigenvalue weighted by molar-refractivity contribution is -0.346. The van der Waals surface area contributed by atoms with Crippen molar-refractivity contribution in [3.8, 4) is 5.75 Å². The average Bonchev–Trinajstić information content (AvgIpc) is 0.697. The molecule has 0 spiro atoms. The topological polar surface area (TPSA) is 246 Å². The second-order valence-corrected chi connectivity index (χ2v) is 23.3. The maximum Gasteiger partial charge on any atom is 0.413 e. The fraction of sp³-hybridized carbons (Fsp3) is 0.578. The summed E-state index contributed by atoms with van der Waals surface area (Å²) in [5.41, 5.74) is -10.8. The molecule has 11 atom stereocenters. The first-order valence-corrected chi connectivity index (χ1v) is 28.8. The average molecular weight is 1200 g/mol. The van der Waals surface area contributed by atoms with Gasteiger partial charge in [-0.2, -0.15) is 13.2 Å². The van der Waals surface area contributed by atoms with Gasteiger partial charge in [-0.3, -0.25) is 19.2 Å². The summed E-state index contributed by atoms with van der Waals surface area (Å²) in [6.45, 7) is 13.7. The normalized spacial score (nSPS) is 27.4. The molecule has 1 amide bonds. The van der Waals surface area contributed by atoms with Crippen molar-refractivity contribution in [2.45, 2.75) is 206 Å². The van der Waals surface area contributed by atoms with Crippen LogP contribution in [-0.2, 0) is 57.1 Å². The number of carbonyl (C=O) groups excluding carboxylic acids is 7. The molecule has 5 rings (SSSR count). The van der Waals surface area contributed by atoms with Crippen LogP contribution in [0.25, 0.3) is 0 Å². The summed E-state index contributed by atoms with van der Waals surface area (Å²) in [7, 11) is 1.28. The molecule has 1 aromatic rings. The minimum Gasteiger partial charge on any atom is -0.496 e. The summed E-state index contributed by atoms with van der Waals surface area (Å²) in [6, 6.07) is 2.50. The predicted molar refractivity (Wildman–Crippen MR) is 306 cm³/mol. The number of Topliss-reactive ketones (excluding diaryl/α,β-unsaturated/α-hetero) is 1. The van der Waals surface area contributed by atoms with Crippen molar-refractivity contribution in [3.63, 3.8) is 0 Å². The number of hydrogen-bond donors (Lipinski definition) is 3. The first-order chi connectivity index (χ1) is 39.9. The van der Waals surface area contributed by atoms with Crippen LogP contribution in [0.3, 0.4) is 0 Å². The van der Waals surface area contributed by atoms with Crippen LogP contribution in [-0.4, -0.2) is 131 Å². The number of hydrogen-bond acceptors (Lipinski definition) is 17. The fourth-order valence-corrected chi connectivity index (χ4v) is 11.6. The van der Waals surface area contributed by atoms with Crippen LogP contribution < -0.4 is 10.1 Å². The summed E-state index contributed by atoms with van der Waals surface area (Å²) in [4.78, 5) is 98.9. The Balaban J connectivity index is 1.54. The number of methoxy groups -OCH3 is 1. The number of para-hydroxylation sites is 1. The third kappa shape index (κ3) is 16.4. The molecule has 2 saturated carbocycles. The Hall–Kier alpha value is -6.84. The molecule has 3 N–H and O–H groups in total. The van der Waals surface area contributed by atoms with Gasteiger partial charge < -0.3 is 53.4 Å². The van der Waals surface area contributed by atoms with E-state index < -0.39 is 144 Å². The molecule has 1 aromatic carbocycles. The van der Waals surface area contributed by atoms with Crippen molar-refractivity contribution in [1.29, 1.82) is 0 Å². The Morgan fingerprint density at radius 2 is 1.39 bits per heavy atom. The molecule has 1 unspecified atom stereocenters. The smallest absolute Gasteiger partial charge is 0.413 e. The molecule has 3 fully saturated rings. The molecule has 0 radical (unpaired) electrons. The molecule has 1 aliphatic heterocycles. The predicted octanol–water partition coefficient (Wildman–Crippen LogP) is 10.4. The monoisotopic (exact) mass is 1200 g/mol. The molecular formula is C64H84F3NO17. The van der Waals surface area contributed by atoms with Crippen molar-refractivity contribution in [2.75, 3.05) is 13.7 Å². The number of amides is 1. The van der Waals surface area contributed by atoms with E-state index in [1.807, 2.05) is 24.3 Å². The lowest BCUT2D eigenvalue weighted by Crippen LogP contribution is -2.82. The number of esters is 5. The molecule has 4 aliphatic rings. The number of ketones is 1. The van der Waals surface area contributed by atoms with Gasteiger partial charge in [0.15, 0.2) is 23.5 Å². The number of rotatable bonds is 25. The van der Waals surface area contributed by atoms with Gasteiger partial charge in [-0.25, -0.2) is 14.4 Å². The molecule has 2 bridgehead atoms. The summed E-state index contributed by atoms with van der Waals surface area (Å²) in [6.07, 6.45) is 7.20. The van der Waals surface area contributed by atoms with Gasteiger partial charge in [0.25, 0.3) is 0 Å². The highest BCUT2D eigenvalue weighted by molar-refractivity contribution is 5.96. The van der Waals surface area contributed by atoms with E-state index in [1.54, 1.807) is 23.5 Å². The number of allylic oxidation sites excluding steroid dienone is 12. The number of ether oxygens (including phenoxy) is 8. The highest BCUT2D eigenvalue weighted by Crippen LogP contribution is 2.64. The van der Waals surface area contributed by atoms with E-state index >= 15 is 18.0 Å². The van der Waals surface area contributed by atoms with Crippen LogP contribution in [0.2, 0.25) is 0 Å². The van der Waals surface area contributed by atoms with Crippen molar-refractivity contribution >= 4 is 41.7 Å². The number of halogens is 3. The zero-order valence-corrected chi connectivity index (χ0v) is 50.5. The maximum absolute atomic E-state index is 15.8. The Morgan fingerprint density at radius 3 is 1.89 bits per heavy atom. The standard InChI is InChI=1S/C64H84F3NO17/c1-12-14-15-16-17-18-19-20-21-22-23-24-25-26-27-28-29-30-31-36-48(72)82-51(53(64(65,66)67)68-58(76)85-59(5,6)7)57(75)80-44-38-63(77)55(83-56(74)42-34-32-33-35-43(42)78-11)52-61(10,45(70)37-46-62(52,39-79-46)84-41(4)69)54(73)50(81-47(71)13-2)49(40(44)3)60(63,8)9/h14-15,17-18,20-21,23-24,26-27,29-30,32-35,44-46,50-53,55,70,77H,12-13,16,19,22,25,28,31,36-39H2,1-11H3,(H,68,76)/b15-14-,18-17-,21-20-,24-23-,27-26-,30-29-/t44-,45-,46+,50+,51+,52?,53+,55-,61+,62-,63+/m0/s1. The number of fused-ring (bicyclic) bond motifs is 5. The molecule has 468 valence electrons. The molecule has 18 nitrogen and oxygen atoms in total. The van der Waals surface area contributed by atoms with Crippen LogP contribution in [0.5, 0.6) is 5.75 Å². The van der Waals surface area contributed by atoms with Gasteiger partial charge in [0.1, 0.15) is 40.8 Å². The van der Waals surface area contributed by atoms with Gasteiger partial charge in [0.2, 0.25) is 6.10 Å². The molecule has 1 heterocycles. The number of carbonyl (C=O) groups is 7. The van der Waals surface area contributed by atoms with Crippen molar-refractivity contribution in [3.05, 3.63) is 114 Å².